The highest BCUT2D eigenvalue weighted by molar-refractivity contribution is 4.63. The van der Waals surface area contributed by atoms with Crippen LogP contribution in [0.2, 0.25) is 0 Å². The molecule has 0 bridgehead atoms. The van der Waals surface area contributed by atoms with Crippen LogP contribution in [0.5, 0.6) is 0 Å². The summed E-state index contributed by atoms with van der Waals surface area (Å²) in [6.45, 7) is 12.8. The van der Waals surface area contributed by atoms with Gasteiger partial charge in [-0.25, -0.2) is 0 Å². The van der Waals surface area contributed by atoms with E-state index in [4.69, 9.17) is 4.74 Å². The van der Waals surface area contributed by atoms with Crippen LogP contribution < -0.4 is 5.32 Å². The van der Waals surface area contributed by atoms with E-state index >= 15 is 0 Å². The minimum Gasteiger partial charge on any atom is -0.381 e. The first kappa shape index (κ1) is 12.9. The van der Waals surface area contributed by atoms with Gasteiger partial charge in [0, 0.05) is 13.2 Å². The molecule has 0 rings (SSSR count). The summed E-state index contributed by atoms with van der Waals surface area (Å²) in [7, 11) is 0. The van der Waals surface area contributed by atoms with Crippen LogP contribution in [0.15, 0.2) is 0 Å². The molecule has 0 heterocycles. The lowest BCUT2D eigenvalue weighted by Gasteiger charge is -2.19. The smallest absolute Gasteiger partial charge is 0.0494 e. The van der Waals surface area contributed by atoms with Gasteiger partial charge in [-0.2, -0.15) is 0 Å². The van der Waals surface area contributed by atoms with Crippen molar-refractivity contribution in [2.24, 2.45) is 11.8 Å². The fourth-order valence-corrected chi connectivity index (χ4v) is 1.15. The third-order valence-corrected chi connectivity index (χ3v) is 2.42. The van der Waals surface area contributed by atoms with Crippen LogP contribution >= 0.6 is 0 Å². The van der Waals surface area contributed by atoms with E-state index in [0.717, 1.165) is 32.7 Å². The van der Waals surface area contributed by atoms with E-state index in [0.29, 0.717) is 11.8 Å². The Hall–Kier alpha value is -0.0800. The molecule has 0 aliphatic heterocycles. The summed E-state index contributed by atoms with van der Waals surface area (Å²) in [5, 5.41) is 3.36. The van der Waals surface area contributed by atoms with Gasteiger partial charge in [0.1, 0.15) is 0 Å². The second kappa shape index (κ2) is 8.52. The van der Waals surface area contributed by atoms with Crippen molar-refractivity contribution in [3.63, 3.8) is 0 Å². The lowest BCUT2D eigenvalue weighted by Crippen LogP contribution is -2.27. The molecule has 0 amide bonds. The van der Waals surface area contributed by atoms with Crippen molar-refractivity contribution in [3.05, 3.63) is 0 Å². The summed E-state index contributed by atoms with van der Waals surface area (Å²) >= 11 is 0. The summed E-state index contributed by atoms with van der Waals surface area (Å²) in [6, 6.07) is 0. The highest BCUT2D eigenvalue weighted by Gasteiger charge is 2.11. The minimum absolute atomic E-state index is 0.658. The highest BCUT2D eigenvalue weighted by Crippen LogP contribution is 2.10. The molecule has 0 aromatic rings. The number of hydrogen-bond donors (Lipinski definition) is 1. The van der Waals surface area contributed by atoms with E-state index in [-0.39, 0.29) is 0 Å². The molecule has 0 aromatic carbocycles. The largest absolute Gasteiger partial charge is 0.381 e. The average Bonchev–Trinajstić information content (AvgIpc) is 2.14. The molecule has 0 saturated heterocycles. The zero-order valence-corrected chi connectivity index (χ0v) is 9.60. The molecule has 0 aliphatic carbocycles. The molecule has 1 N–H and O–H groups in total. The second-order valence-electron chi connectivity index (χ2n) is 3.84. The molecule has 0 spiro atoms. The van der Waals surface area contributed by atoms with E-state index in [2.05, 4.69) is 33.0 Å². The van der Waals surface area contributed by atoms with E-state index in [1.807, 2.05) is 0 Å². The van der Waals surface area contributed by atoms with Gasteiger partial charge in [0.15, 0.2) is 0 Å². The van der Waals surface area contributed by atoms with E-state index in [1.54, 1.807) is 0 Å². The van der Waals surface area contributed by atoms with E-state index in [1.165, 1.54) is 0 Å². The monoisotopic (exact) mass is 187 g/mol. The standard InChI is InChI=1S/C11H25NO/c1-5-7-13-9-11(4)10(3)8-12-6-2/h10-12H,5-9H2,1-4H3. The first-order valence-electron chi connectivity index (χ1n) is 5.50. The van der Waals surface area contributed by atoms with Crippen LogP contribution in [-0.4, -0.2) is 26.3 Å². The van der Waals surface area contributed by atoms with Crippen molar-refractivity contribution in [1.82, 2.24) is 5.32 Å². The van der Waals surface area contributed by atoms with Crippen molar-refractivity contribution in [2.45, 2.75) is 34.1 Å². The molecule has 0 saturated carbocycles. The Morgan fingerprint density at radius 3 is 2.38 bits per heavy atom. The van der Waals surface area contributed by atoms with Crippen molar-refractivity contribution in [1.29, 1.82) is 0 Å². The molecule has 2 atom stereocenters. The quantitative estimate of drug-likeness (QED) is 0.589. The van der Waals surface area contributed by atoms with Gasteiger partial charge >= 0.3 is 0 Å². The van der Waals surface area contributed by atoms with Gasteiger partial charge in [-0.15, -0.1) is 0 Å². The van der Waals surface area contributed by atoms with Gasteiger partial charge in [-0.1, -0.05) is 27.7 Å². The normalized spacial score (nSPS) is 15.7. The molecular formula is C11H25NO. The van der Waals surface area contributed by atoms with Crippen molar-refractivity contribution in [2.75, 3.05) is 26.3 Å². The molecule has 0 radical (unpaired) electrons. The third kappa shape index (κ3) is 7.03. The van der Waals surface area contributed by atoms with Crippen LogP contribution in [0.25, 0.3) is 0 Å². The van der Waals surface area contributed by atoms with E-state index in [9.17, 15) is 0 Å². The summed E-state index contributed by atoms with van der Waals surface area (Å²) in [5.74, 6) is 1.36. The molecule has 0 aromatic heterocycles. The topological polar surface area (TPSA) is 21.3 Å². The van der Waals surface area contributed by atoms with Crippen LogP contribution in [0.4, 0.5) is 0 Å². The number of hydrogen-bond acceptors (Lipinski definition) is 2. The third-order valence-electron chi connectivity index (χ3n) is 2.42. The molecule has 80 valence electrons. The number of nitrogens with one attached hydrogen (secondary N) is 1. The molecule has 2 nitrogen and oxygen atoms in total. The van der Waals surface area contributed by atoms with Crippen LogP contribution in [0, 0.1) is 11.8 Å². The SMILES string of the molecule is CCCOCC(C)C(C)CNCC. The van der Waals surface area contributed by atoms with Crippen molar-refractivity contribution >= 4 is 0 Å². The molecule has 13 heavy (non-hydrogen) atoms. The van der Waals surface area contributed by atoms with Gasteiger partial charge in [-0.05, 0) is 31.3 Å². The summed E-state index contributed by atoms with van der Waals surface area (Å²) in [4.78, 5) is 0. The Morgan fingerprint density at radius 2 is 1.85 bits per heavy atom. The Kier molecular flexibility index (Phi) is 8.46. The number of ether oxygens (including phenoxy) is 1. The molecule has 0 fully saturated rings. The molecule has 2 unspecified atom stereocenters. The summed E-state index contributed by atoms with van der Waals surface area (Å²) < 4.78 is 5.52. The molecular weight excluding hydrogens is 162 g/mol. The van der Waals surface area contributed by atoms with Crippen molar-refractivity contribution in [3.8, 4) is 0 Å². The van der Waals surface area contributed by atoms with Gasteiger partial charge < -0.3 is 10.1 Å². The van der Waals surface area contributed by atoms with Crippen LogP contribution in [0.3, 0.4) is 0 Å². The van der Waals surface area contributed by atoms with Gasteiger partial charge in [0.25, 0.3) is 0 Å². The maximum atomic E-state index is 5.52. The number of rotatable bonds is 8. The Balaban J connectivity index is 3.38. The summed E-state index contributed by atoms with van der Waals surface area (Å²) in [6.07, 6.45) is 1.12. The van der Waals surface area contributed by atoms with E-state index < -0.39 is 0 Å². The van der Waals surface area contributed by atoms with Gasteiger partial charge in [0.05, 0.1) is 0 Å². The predicted octanol–water partition coefficient (Wildman–Crippen LogP) is 2.29. The Morgan fingerprint density at radius 1 is 1.15 bits per heavy atom. The van der Waals surface area contributed by atoms with Gasteiger partial charge in [0.2, 0.25) is 0 Å². The summed E-state index contributed by atoms with van der Waals surface area (Å²) in [5.41, 5.74) is 0. The van der Waals surface area contributed by atoms with Crippen LogP contribution in [0.1, 0.15) is 34.1 Å². The second-order valence-corrected chi connectivity index (χ2v) is 3.84. The fourth-order valence-electron chi connectivity index (χ4n) is 1.15. The lowest BCUT2D eigenvalue weighted by atomic mass is 9.97. The maximum Gasteiger partial charge on any atom is 0.0494 e. The molecule has 0 aliphatic rings. The lowest BCUT2D eigenvalue weighted by molar-refractivity contribution is 0.0871. The Labute approximate surface area is 83.1 Å². The minimum atomic E-state index is 0.658. The first-order valence-corrected chi connectivity index (χ1v) is 5.50. The fraction of sp³-hybridized carbons (Fsp3) is 1.00. The zero-order valence-electron chi connectivity index (χ0n) is 9.60. The highest BCUT2D eigenvalue weighted by atomic mass is 16.5. The maximum absolute atomic E-state index is 5.52. The van der Waals surface area contributed by atoms with Crippen molar-refractivity contribution < 1.29 is 4.74 Å². The Bertz CT molecular complexity index is 106. The molecule has 2 heteroatoms. The first-order chi connectivity index (χ1) is 6.22. The van der Waals surface area contributed by atoms with Gasteiger partial charge in [-0.3, -0.25) is 0 Å². The predicted molar refractivity (Wildman–Crippen MR) is 58.0 cm³/mol. The average molecular weight is 187 g/mol. The van der Waals surface area contributed by atoms with Crippen LogP contribution in [-0.2, 0) is 4.74 Å². The zero-order chi connectivity index (χ0) is 10.1.